The van der Waals surface area contributed by atoms with Crippen molar-refractivity contribution in [3.8, 4) is 0 Å². The second-order valence-corrected chi connectivity index (χ2v) is 5.07. The maximum atomic E-state index is 10.1. The molecule has 0 aliphatic rings. The van der Waals surface area contributed by atoms with Crippen molar-refractivity contribution in [2.24, 2.45) is 0 Å². The molecule has 0 fully saturated rings. The number of halogens is 1. The molecule has 3 nitrogen and oxygen atoms in total. The molecule has 16 heavy (non-hydrogen) atoms. The number of nitro groups is 1. The fourth-order valence-electron chi connectivity index (χ4n) is 1.75. The largest absolute Gasteiger partial charge is 0.265 e. The predicted octanol–water partition coefficient (Wildman–Crippen LogP) is 4.56. The van der Waals surface area contributed by atoms with Gasteiger partial charge in [-0.15, -0.1) is 0 Å². The summed E-state index contributed by atoms with van der Waals surface area (Å²) in [6.07, 6.45) is 12.1. The lowest BCUT2D eigenvalue weighted by Gasteiger charge is -2.01. The molecule has 96 valence electrons. The minimum absolute atomic E-state index is 0.145. The molecule has 0 saturated carbocycles. The quantitative estimate of drug-likeness (QED) is 0.229. The summed E-state index contributed by atoms with van der Waals surface area (Å²) < 4.78 is 0. The van der Waals surface area contributed by atoms with Crippen molar-refractivity contribution in [3.05, 3.63) is 10.1 Å². The van der Waals surface area contributed by atoms with Gasteiger partial charge >= 0.3 is 0 Å². The molecule has 0 atom stereocenters. The molecule has 0 unspecified atom stereocenters. The molecule has 0 N–H and O–H groups in total. The van der Waals surface area contributed by atoms with Crippen LogP contribution < -0.4 is 0 Å². The molecule has 0 amide bonds. The SMILES string of the molecule is O=[N+]([O-])CCCCCCCCCCCCBr. The molecular formula is C12H24BrNO2. The first-order chi connectivity index (χ1) is 7.77. The maximum Gasteiger partial charge on any atom is 0.203 e. The maximum absolute atomic E-state index is 10.1. The Morgan fingerprint density at radius 2 is 1.12 bits per heavy atom. The second kappa shape index (κ2) is 12.9. The highest BCUT2D eigenvalue weighted by Gasteiger charge is 1.96. The van der Waals surface area contributed by atoms with Gasteiger partial charge in [-0.1, -0.05) is 60.9 Å². The fraction of sp³-hybridized carbons (Fsp3) is 1.00. The van der Waals surface area contributed by atoms with E-state index in [1.54, 1.807) is 0 Å². The van der Waals surface area contributed by atoms with Crippen LogP contribution in [0.1, 0.15) is 64.2 Å². The molecule has 0 rings (SSSR count). The van der Waals surface area contributed by atoms with E-state index in [9.17, 15) is 10.1 Å². The highest BCUT2D eigenvalue weighted by atomic mass is 79.9. The highest BCUT2D eigenvalue weighted by molar-refractivity contribution is 9.09. The molecule has 0 aliphatic carbocycles. The highest BCUT2D eigenvalue weighted by Crippen LogP contribution is 2.10. The Kier molecular flexibility index (Phi) is 12.9. The number of rotatable bonds is 12. The Labute approximate surface area is 107 Å². The molecule has 0 aromatic carbocycles. The van der Waals surface area contributed by atoms with E-state index in [-0.39, 0.29) is 11.5 Å². The zero-order valence-corrected chi connectivity index (χ0v) is 11.7. The second-order valence-electron chi connectivity index (χ2n) is 4.28. The minimum atomic E-state index is -0.218. The molecule has 0 radical (unpaired) electrons. The molecule has 0 aromatic rings. The van der Waals surface area contributed by atoms with Crippen molar-refractivity contribution < 1.29 is 4.92 Å². The standard InChI is InChI=1S/C12H24BrNO2/c13-11-9-7-5-3-1-2-4-6-8-10-12-14(15)16/h1-12H2. The van der Waals surface area contributed by atoms with Gasteiger partial charge in [0, 0.05) is 16.7 Å². The summed E-state index contributed by atoms with van der Waals surface area (Å²) in [5, 5.41) is 11.2. The van der Waals surface area contributed by atoms with E-state index in [1.165, 1.54) is 44.9 Å². The van der Waals surface area contributed by atoms with E-state index in [4.69, 9.17) is 0 Å². The monoisotopic (exact) mass is 293 g/mol. The van der Waals surface area contributed by atoms with Crippen molar-refractivity contribution in [2.75, 3.05) is 11.9 Å². The Bertz CT molecular complexity index is 165. The summed E-state index contributed by atoms with van der Waals surface area (Å²) in [5.41, 5.74) is 0. The summed E-state index contributed by atoms with van der Waals surface area (Å²) >= 11 is 3.43. The molecule has 0 bridgehead atoms. The van der Waals surface area contributed by atoms with Crippen LogP contribution >= 0.6 is 15.9 Å². The van der Waals surface area contributed by atoms with Gasteiger partial charge in [0.1, 0.15) is 0 Å². The smallest absolute Gasteiger partial charge is 0.203 e. The van der Waals surface area contributed by atoms with Gasteiger partial charge in [-0.3, -0.25) is 10.1 Å². The van der Waals surface area contributed by atoms with Gasteiger partial charge in [0.05, 0.1) is 0 Å². The summed E-state index contributed by atoms with van der Waals surface area (Å²) in [5.74, 6) is 0. The first-order valence-corrected chi connectivity index (χ1v) is 7.57. The van der Waals surface area contributed by atoms with Gasteiger partial charge < -0.3 is 0 Å². The normalized spacial score (nSPS) is 10.6. The lowest BCUT2D eigenvalue weighted by Crippen LogP contribution is -1.99. The fourth-order valence-corrected chi connectivity index (χ4v) is 2.15. The first kappa shape index (κ1) is 15.9. The van der Waals surface area contributed by atoms with Crippen LogP contribution in [0.15, 0.2) is 0 Å². The molecular weight excluding hydrogens is 270 g/mol. The number of hydrogen-bond acceptors (Lipinski definition) is 2. The molecule has 0 aromatic heterocycles. The van der Waals surface area contributed by atoms with Crippen molar-refractivity contribution in [1.29, 1.82) is 0 Å². The number of alkyl halides is 1. The Morgan fingerprint density at radius 1 is 0.750 bits per heavy atom. The number of hydrogen-bond donors (Lipinski definition) is 0. The van der Waals surface area contributed by atoms with Gasteiger partial charge in [-0.05, 0) is 12.8 Å². The van der Waals surface area contributed by atoms with E-state index >= 15 is 0 Å². The van der Waals surface area contributed by atoms with E-state index in [0.29, 0.717) is 0 Å². The Hall–Kier alpha value is -0.120. The Morgan fingerprint density at radius 3 is 1.50 bits per heavy atom. The summed E-state index contributed by atoms with van der Waals surface area (Å²) in [6.45, 7) is 0.145. The summed E-state index contributed by atoms with van der Waals surface area (Å²) in [7, 11) is 0. The van der Waals surface area contributed by atoms with Crippen molar-refractivity contribution in [1.82, 2.24) is 0 Å². The topological polar surface area (TPSA) is 43.1 Å². The predicted molar refractivity (Wildman–Crippen MR) is 71.8 cm³/mol. The molecule has 0 saturated heterocycles. The van der Waals surface area contributed by atoms with Crippen molar-refractivity contribution in [3.63, 3.8) is 0 Å². The molecule has 0 heterocycles. The van der Waals surface area contributed by atoms with Crippen molar-refractivity contribution in [2.45, 2.75) is 64.2 Å². The van der Waals surface area contributed by atoms with Gasteiger partial charge in [0.25, 0.3) is 0 Å². The number of nitrogens with zero attached hydrogens (tertiary/aromatic N) is 1. The first-order valence-electron chi connectivity index (χ1n) is 6.45. The lowest BCUT2D eigenvalue weighted by molar-refractivity contribution is -0.480. The molecule has 4 heteroatoms. The van der Waals surface area contributed by atoms with Gasteiger partial charge in [0.15, 0.2) is 0 Å². The van der Waals surface area contributed by atoms with Crippen LogP contribution in [0.4, 0.5) is 0 Å². The van der Waals surface area contributed by atoms with E-state index < -0.39 is 0 Å². The van der Waals surface area contributed by atoms with Crippen LogP contribution in [0.2, 0.25) is 0 Å². The average Bonchev–Trinajstić information content (AvgIpc) is 2.25. The Balaban J connectivity index is 2.90. The van der Waals surface area contributed by atoms with Crippen LogP contribution in [-0.4, -0.2) is 16.8 Å². The van der Waals surface area contributed by atoms with Crippen LogP contribution in [0.3, 0.4) is 0 Å². The van der Waals surface area contributed by atoms with Gasteiger partial charge in [0.2, 0.25) is 6.54 Å². The van der Waals surface area contributed by atoms with E-state index in [0.717, 1.165) is 24.6 Å². The molecule has 0 aliphatic heterocycles. The van der Waals surface area contributed by atoms with Crippen LogP contribution in [0, 0.1) is 10.1 Å². The van der Waals surface area contributed by atoms with Crippen LogP contribution in [-0.2, 0) is 0 Å². The zero-order valence-electron chi connectivity index (χ0n) is 10.1. The van der Waals surface area contributed by atoms with Crippen LogP contribution in [0.25, 0.3) is 0 Å². The molecule has 0 spiro atoms. The third-order valence-corrected chi connectivity index (χ3v) is 3.29. The van der Waals surface area contributed by atoms with Crippen molar-refractivity contribution >= 4 is 15.9 Å². The minimum Gasteiger partial charge on any atom is -0.265 e. The third kappa shape index (κ3) is 13.9. The summed E-state index contributed by atoms with van der Waals surface area (Å²) in [4.78, 5) is 9.84. The average molecular weight is 294 g/mol. The van der Waals surface area contributed by atoms with Crippen LogP contribution in [0.5, 0.6) is 0 Å². The van der Waals surface area contributed by atoms with Gasteiger partial charge in [-0.25, -0.2) is 0 Å². The zero-order chi connectivity index (χ0) is 12.1. The van der Waals surface area contributed by atoms with E-state index in [1.807, 2.05) is 0 Å². The van der Waals surface area contributed by atoms with Gasteiger partial charge in [-0.2, -0.15) is 0 Å². The lowest BCUT2D eigenvalue weighted by atomic mass is 10.1. The van der Waals surface area contributed by atoms with E-state index in [2.05, 4.69) is 15.9 Å². The number of unbranched alkanes of at least 4 members (excludes halogenated alkanes) is 9. The third-order valence-electron chi connectivity index (χ3n) is 2.72. The summed E-state index contributed by atoms with van der Waals surface area (Å²) in [6, 6.07) is 0.